The van der Waals surface area contributed by atoms with E-state index in [0.29, 0.717) is 12.0 Å². The van der Waals surface area contributed by atoms with Crippen LogP contribution in [0.3, 0.4) is 0 Å². The first kappa shape index (κ1) is 15.9. The molecule has 0 amide bonds. The summed E-state index contributed by atoms with van der Waals surface area (Å²) in [7, 11) is 0. The molecular weight excluding hydrogens is 280 g/mol. The van der Waals surface area contributed by atoms with E-state index in [2.05, 4.69) is 0 Å². The zero-order valence-electron chi connectivity index (χ0n) is 12.7. The highest BCUT2D eigenvalue weighted by atomic mass is 16.5. The van der Waals surface area contributed by atoms with Gasteiger partial charge in [0.25, 0.3) is 0 Å². The van der Waals surface area contributed by atoms with Gasteiger partial charge in [-0.15, -0.1) is 0 Å². The molecule has 0 spiro atoms. The fraction of sp³-hybridized carbons (Fsp3) is 0.278. The Bertz CT molecular complexity index is 648. The molecule has 0 aromatic heterocycles. The molecule has 2 aromatic carbocycles. The number of phenols is 2. The van der Waals surface area contributed by atoms with Crippen LogP contribution in [0.5, 0.6) is 11.5 Å². The van der Waals surface area contributed by atoms with Crippen LogP contribution in [0.4, 0.5) is 0 Å². The van der Waals surface area contributed by atoms with E-state index in [9.17, 15) is 15.0 Å². The second-order valence-electron chi connectivity index (χ2n) is 5.66. The fourth-order valence-electron chi connectivity index (χ4n) is 2.30. The first-order chi connectivity index (χ1) is 10.5. The molecule has 0 radical (unpaired) electrons. The van der Waals surface area contributed by atoms with Gasteiger partial charge >= 0.3 is 5.97 Å². The molecule has 0 fully saturated rings. The number of hydrogen-bond acceptors (Lipinski definition) is 4. The Morgan fingerprint density at radius 3 is 2.45 bits per heavy atom. The van der Waals surface area contributed by atoms with Crippen molar-refractivity contribution in [2.75, 3.05) is 0 Å². The van der Waals surface area contributed by atoms with Crippen LogP contribution in [-0.2, 0) is 17.8 Å². The lowest BCUT2D eigenvalue weighted by Gasteiger charge is -2.13. The molecule has 22 heavy (non-hydrogen) atoms. The van der Waals surface area contributed by atoms with E-state index < -0.39 is 5.97 Å². The molecule has 0 atom stereocenters. The number of aromatic hydroxyl groups is 2. The largest absolute Gasteiger partial charge is 0.508 e. The van der Waals surface area contributed by atoms with Gasteiger partial charge in [0.2, 0.25) is 0 Å². The first-order valence-corrected chi connectivity index (χ1v) is 7.23. The Morgan fingerprint density at radius 2 is 1.82 bits per heavy atom. The molecule has 2 rings (SSSR count). The molecule has 2 aromatic rings. The SMILES string of the molecule is CC(C)Cc1cc(O)cc(O)c1C(=O)OCc1ccccc1. The van der Waals surface area contributed by atoms with Gasteiger partial charge in [-0.3, -0.25) is 0 Å². The monoisotopic (exact) mass is 300 g/mol. The second kappa shape index (κ2) is 6.98. The average Bonchev–Trinajstić information content (AvgIpc) is 2.44. The maximum Gasteiger partial charge on any atom is 0.342 e. The van der Waals surface area contributed by atoms with Crippen molar-refractivity contribution < 1.29 is 19.7 Å². The summed E-state index contributed by atoms with van der Waals surface area (Å²) in [5, 5.41) is 19.6. The van der Waals surface area contributed by atoms with E-state index in [-0.39, 0.29) is 29.6 Å². The van der Waals surface area contributed by atoms with E-state index in [0.717, 1.165) is 11.6 Å². The fourth-order valence-corrected chi connectivity index (χ4v) is 2.30. The van der Waals surface area contributed by atoms with Crippen LogP contribution < -0.4 is 0 Å². The predicted molar refractivity (Wildman–Crippen MR) is 83.9 cm³/mol. The third-order valence-corrected chi connectivity index (χ3v) is 3.23. The van der Waals surface area contributed by atoms with Crippen LogP contribution in [0.15, 0.2) is 42.5 Å². The molecule has 0 bridgehead atoms. The quantitative estimate of drug-likeness (QED) is 0.827. The zero-order chi connectivity index (χ0) is 16.1. The molecule has 0 aliphatic heterocycles. The van der Waals surface area contributed by atoms with Crippen molar-refractivity contribution in [1.29, 1.82) is 0 Å². The summed E-state index contributed by atoms with van der Waals surface area (Å²) in [6.45, 7) is 4.14. The van der Waals surface area contributed by atoms with Gasteiger partial charge < -0.3 is 14.9 Å². The van der Waals surface area contributed by atoms with Gasteiger partial charge in [-0.2, -0.15) is 0 Å². The van der Waals surface area contributed by atoms with Crippen LogP contribution >= 0.6 is 0 Å². The van der Waals surface area contributed by atoms with Crippen molar-refractivity contribution >= 4 is 5.97 Å². The van der Waals surface area contributed by atoms with Crippen molar-refractivity contribution in [1.82, 2.24) is 0 Å². The summed E-state index contributed by atoms with van der Waals surface area (Å²) in [6.07, 6.45) is 0.567. The molecular formula is C18H20O4. The summed E-state index contributed by atoms with van der Waals surface area (Å²) in [6, 6.07) is 12.0. The topological polar surface area (TPSA) is 66.8 Å². The number of carbonyl (C=O) groups is 1. The third-order valence-electron chi connectivity index (χ3n) is 3.23. The first-order valence-electron chi connectivity index (χ1n) is 7.23. The van der Waals surface area contributed by atoms with Gasteiger partial charge in [0.15, 0.2) is 0 Å². The molecule has 0 unspecified atom stereocenters. The smallest absolute Gasteiger partial charge is 0.342 e. The van der Waals surface area contributed by atoms with E-state index in [4.69, 9.17) is 4.74 Å². The molecule has 4 heteroatoms. The Hall–Kier alpha value is -2.49. The molecule has 0 aliphatic rings. The molecule has 2 N–H and O–H groups in total. The molecule has 0 saturated heterocycles. The summed E-state index contributed by atoms with van der Waals surface area (Å²) in [4.78, 5) is 12.3. The van der Waals surface area contributed by atoms with Crippen molar-refractivity contribution in [3.05, 3.63) is 59.2 Å². The highest BCUT2D eigenvalue weighted by Gasteiger charge is 2.20. The van der Waals surface area contributed by atoms with Crippen LogP contribution in [0, 0.1) is 5.92 Å². The standard InChI is InChI=1S/C18H20O4/c1-12(2)8-14-9-15(19)10-16(20)17(14)18(21)22-11-13-6-4-3-5-7-13/h3-7,9-10,12,19-20H,8,11H2,1-2H3. The number of benzene rings is 2. The van der Waals surface area contributed by atoms with E-state index in [1.807, 2.05) is 44.2 Å². The summed E-state index contributed by atoms with van der Waals surface area (Å²) >= 11 is 0. The average molecular weight is 300 g/mol. The van der Waals surface area contributed by atoms with E-state index >= 15 is 0 Å². The lowest BCUT2D eigenvalue weighted by Crippen LogP contribution is -2.10. The maximum atomic E-state index is 12.3. The van der Waals surface area contributed by atoms with E-state index in [1.54, 1.807) is 0 Å². The van der Waals surface area contributed by atoms with Crippen LogP contribution in [-0.4, -0.2) is 16.2 Å². The second-order valence-corrected chi connectivity index (χ2v) is 5.66. The lowest BCUT2D eigenvalue weighted by molar-refractivity contribution is 0.0468. The van der Waals surface area contributed by atoms with Gasteiger partial charge in [0.05, 0.1) is 0 Å². The van der Waals surface area contributed by atoms with Crippen LogP contribution in [0.1, 0.15) is 35.3 Å². The Kier molecular flexibility index (Phi) is 5.04. The van der Waals surface area contributed by atoms with Gasteiger partial charge in [0, 0.05) is 6.07 Å². The maximum absolute atomic E-state index is 12.3. The Morgan fingerprint density at radius 1 is 1.14 bits per heavy atom. The number of hydrogen-bond donors (Lipinski definition) is 2. The van der Waals surface area contributed by atoms with Crippen LogP contribution in [0.25, 0.3) is 0 Å². The number of esters is 1. The normalized spacial score (nSPS) is 10.7. The Balaban J connectivity index is 2.21. The van der Waals surface area contributed by atoms with Gasteiger partial charge in [0.1, 0.15) is 23.7 Å². The Labute approximate surface area is 130 Å². The van der Waals surface area contributed by atoms with E-state index in [1.165, 1.54) is 6.07 Å². The van der Waals surface area contributed by atoms with Gasteiger partial charge in [-0.05, 0) is 29.5 Å². The molecule has 0 aliphatic carbocycles. The van der Waals surface area contributed by atoms with Gasteiger partial charge in [-0.1, -0.05) is 44.2 Å². The highest BCUT2D eigenvalue weighted by Crippen LogP contribution is 2.29. The van der Waals surface area contributed by atoms with Crippen molar-refractivity contribution in [2.45, 2.75) is 26.9 Å². The number of carbonyl (C=O) groups excluding carboxylic acids is 1. The van der Waals surface area contributed by atoms with Crippen molar-refractivity contribution in [2.24, 2.45) is 5.92 Å². The summed E-state index contributed by atoms with van der Waals surface area (Å²) in [5.41, 5.74) is 1.59. The minimum Gasteiger partial charge on any atom is -0.508 e. The highest BCUT2D eigenvalue weighted by molar-refractivity contribution is 5.94. The van der Waals surface area contributed by atoms with Gasteiger partial charge in [-0.25, -0.2) is 4.79 Å². The third kappa shape index (κ3) is 4.01. The van der Waals surface area contributed by atoms with Crippen LogP contribution in [0.2, 0.25) is 0 Å². The predicted octanol–water partition coefficient (Wildman–Crippen LogP) is 3.65. The number of rotatable bonds is 5. The molecule has 4 nitrogen and oxygen atoms in total. The minimum atomic E-state index is -0.586. The van der Waals surface area contributed by atoms with Crippen molar-refractivity contribution in [3.8, 4) is 11.5 Å². The summed E-state index contributed by atoms with van der Waals surface area (Å²) in [5.74, 6) is -0.625. The molecule has 0 saturated carbocycles. The molecule has 116 valence electrons. The zero-order valence-corrected chi connectivity index (χ0v) is 12.7. The molecule has 0 heterocycles. The number of ether oxygens (including phenoxy) is 1. The minimum absolute atomic E-state index is 0.0623. The van der Waals surface area contributed by atoms with Crippen molar-refractivity contribution in [3.63, 3.8) is 0 Å². The lowest BCUT2D eigenvalue weighted by atomic mass is 9.97. The number of phenolic OH excluding ortho intramolecular Hbond substituents is 2. The summed E-state index contributed by atoms with van der Waals surface area (Å²) < 4.78 is 5.28.